The van der Waals surface area contributed by atoms with Crippen LogP contribution in [0.15, 0.2) is 30.3 Å². The maximum atomic E-state index is 6.26. The Morgan fingerprint density at radius 3 is 2.19 bits per heavy atom. The van der Waals surface area contributed by atoms with E-state index in [1.54, 1.807) is 13.2 Å². The van der Waals surface area contributed by atoms with Crippen molar-refractivity contribution in [1.29, 1.82) is 0 Å². The van der Waals surface area contributed by atoms with Crippen LogP contribution >= 0.6 is 23.2 Å². The van der Waals surface area contributed by atoms with Gasteiger partial charge < -0.3 is 9.47 Å². The first-order chi connectivity index (χ1) is 10.0. The van der Waals surface area contributed by atoms with Crippen LogP contribution in [0.4, 0.5) is 0 Å². The number of methoxy groups -OCH3 is 1. The summed E-state index contributed by atoms with van der Waals surface area (Å²) in [5.74, 6) is 1.53. The molecule has 2 nitrogen and oxygen atoms in total. The Morgan fingerprint density at radius 2 is 1.62 bits per heavy atom. The highest BCUT2D eigenvalue weighted by Crippen LogP contribution is 2.37. The normalized spacial score (nSPS) is 10.5. The molecule has 0 aliphatic carbocycles. The highest BCUT2D eigenvalue weighted by atomic mass is 35.5. The Balaban J connectivity index is 2.23. The van der Waals surface area contributed by atoms with Crippen molar-refractivity contribution in [2.75, 3.05) is 7.11 Å². The number of hydrogen-bond donors (Lipinski definition) is 0. The van der Waals surface area contributed by atoms with Gasteiger partial charge in [-0.2, -0.15) is 0 Å². The molecule has 0 amide bonds. The van der Waals surface area contributed by atoms with Gasteiger partial charge in [0.05, 0.1) is 12.1 Å². The Kier molecular flexibility index (Phi) is 5.38. The third-order valence-electron chi connectivity index (χ3n) is 3.11. The van der Waals surface area contributed by atoms with Crippen LogP contribution in [0.3, 0.4) is 0 Å². The minimum atomic E-state index is 0.382. The van der Waals surface area contributed by atoms with Gasteiger partial charge in [-0.05, 0) is 37.1 Å². The molecule has 4 heteroatoms. The molecule has 0 spiro atoms. The van der Waals surface area contributed by atoms with E-state index in [-0.39, 0.29) is 0 Å². The first-order valence-electron chi connectivity index (χ1n) is 6.66. The number of benzene rings is 2. The first kappa shape index (κ1) is 16.0. The molecule has 21 heavy (non-hydrogen) atoms. The number of ether oxygens (including phenoxy) is 2. The highest BCUT2D eigenvalue weighted by Gasteiger charge is 2.12. The van der Waals surface area contributed by atoms with Gasteiger partial charge >= 0.3 is 0 Å². The van der Waals surface area contributed by atoms with Gasteiger partial charge in [-0.3, -0.25) is 0 Å². The van der Waals surface area contributed by atoms with Crippen molar-refractivity contribution in [3.05, 3.63) is 57.6 Å². The fraction of sp³-hybridized carbons (Fsp3) is 0.294. The fourth-order valence-electron chi connectivity index (χ4n) is 2.30. The standard InChI is InChI=1S/C17H18Cl2O2/c1-11-4-12(2)6-14(5-11)10-21-17-15(19)7-13(9-18)8-16(17)20-3/h4-8H,9-10H2,1-3H3. The van der Waals surface area contributed by atoms with Crippen LogP contribution in [-0.4, -0.2) is 7.11 Å². The predicted octanol–water partition coefficient (Wildman–Crippen LogP) is 5.28. The van der Waals surface area contributed by atoms with E-state index in [2.05, 4.69) is 32.0 Å². The van der Waals surface area contributed by atoms with Crippen LogP contribution in [0.2, 0.25) is 5.02 Å². The second-order valence-corrected chi connectivity index (χ2v) is 5.70. The summed E-state index contributed by atoms with van der Waals surface area (Å²) in [6.07, 6.45) is 0. The third kappa shape index (κ3) is 4.05. The van der Waals surface area contributed by atoms with E-state index in [1.807, 2.05) is 6.07 Å². The molecule has 0 N–H and O–H groups in total. The SMILES string of the molecule is COc1cc(CCl)cc(Cl)c1OCc1cc(C)cc(C)c1. The zero-order chi connectivity index (χ0) is 15.4. The van der Waals surface area contributed by atoms with Gasteiger partial charge in [0.2, 0.25) is 0 Å². The maximum Gasteiger partial charge on any atom is 0.180 e. The largest absolute Gasteiger partial charge is 0.493 e. The summed E-state index contributed by atoms with van der Waals surface area (Å²) >= 11 is 12.1. The zero-order valence-corrected chi connectivity index (χ0v) is 13.9. The minimum absolute atomic E-state index is 0.382. The summed E-state index contributed by atoms with van der Waals surface area (Å²) in [5.41, 5.74) is 4.43. The van der Waals surface area contributed by atoms with Crippen molar-refractivity contribution < 1.29 is 9.47 Å². The molecule has 0 aliphatic heterocycles. The van der Waals surface area contributed by atoms with E-state index in [1.165, 1.54) is 11.1 Å². The molecule has 2 aromatic rings. The number of aryl methyl sites for hydroxylation is 2. The van der Waals surface area contributed by atoms with E-state index in [9.17, 15) is 0 Å². The monoisotopic (exact) mass is 324 g/mol. The van der Waals surface area contributed by atoms with Gasteiger partial charge in [0.25, 0.3) is 0 Å². The lowest BCUT2D eigenvalue weighted by Gasteiger charge is -2.14. The van der Waals surface area contributed by atoms with Crippen molar-refractivity contribution >= 4 is 23.2 Å². The second kappa shape index (κ2) is 7.06. The highest BCUT2D eigenvalue weighted by molar-refractivity contribution is 6.32. The van der Waals surface area contributed by atoms with Crippen molar-refractivity contribution in [2.45, 2.75) is 26.3 Å². The van der Waals surface area contributed by atoms with Gasteiger partial charge in [-0.1, -0.05) is 40.9 Å². The molecule has 0 atom stereocenters. The number of halogens is 2. The van der Waals surface area contributed by atoms with Crippen molar-refractivity contribution in [3.8, 4) is 11.5 Å². The molecule has 0 radical (unpaired) electrons. The maximum absolute atomic E-state index is 6.26. The van der Waals surface area contributed by atoms with Crippen LogP contribution in [0.1, 0.15) is 22.3 Å². The zero-order valence-electron chi connectivity index (χ0n) is 12.4. The van der Waals surface area contributed by atoms with Gasteiger partial charge in [0.1, 0.15) is 6.61 Å². The van der Waals surface area contributed by atoms with E-state index < -0.39 is 0 Å². The lowest BCUT2D eigenvalue weighted by atomic mass is 10.1. The third-order valence-corrected chi connectivity index (χ3v) is 3.70. The van der Waals surface area contributed by atoms with Gasteiger partial charge in [-0.15, -0.1) is 11.6 Å². The predicted molar refractivity (Wildman–Crippen MR) is 87.8 cm³/mol. The van der Waals surface area contributed by atoms with E-state index in [0.717, 1.165) is 11.1 Å². The molecule has 0 fully saturated rings. The summed E-state index contributed by atoms with van der Waals surface area (Å²) in [7, 11) is 1.59. The average Bonchev–Trinajstić information content (AvgIpc) is 2.44. The number of alkyl halides is 1. The topological polar surface area (TPSA) is 18.5 Å². The van der Waals surface area contributed by atoms with Crippen molar-refractivity contribution in [2.24, 2.45) is 0 Å². The molecule has 0 saturated heterocycles. The molecule has 0 aliphatic rings. The van der Waals surface area contributed by atoms with Crippen molar-refractivity contribution in [1.82, 2.24) is 0 Å². The van der Waals surface area contributed by atoms with Gasteiger partial charge in [0.15, 0.2) is 11.5 Å². The second-order valence-electron chi connectivity index (χ2n) is 5.03. The molecular formula is C17H18Cl2O2. The van der Waals surface area contributed by atoms with Crippen LogP contribution in [0.5, 0.6) is 11.5 Å². The smallest absolute Gasteiger partial charge is 0.180 e. The number of hydrogen-bond acceptors (Lipinski definition) is 2. The molecule has 0 bridgehead atoms. The summed E-state index contributed by atoms with van der Waals surface area (Å²) in [4.78, 5) is 0. The molecule has 0 aromatic heterocycles. The van der Waals surface area contributed by atoms with Crippen LogP contribution < -0.4 is 9.47 Å². The molecular weight excluding hydrogens is 307 g/mol. The van der Waals surface area contributed by atoms with Gasteiger partial charge in [-0.25, -0.2) is 0 Å². The molecule has 2 aromatic carbocycles. The average molecular weight is 325 g/mol. The molecule has 0 saturated carbocycles. The quantitative estimate of drug-likeness (QED) is 0.696. The fourth-order valence-corrected chi connectivity index (χ4v) is 2.74. The number of rotatable bonds is 5. The summed E-state index contributed by atoms with van der Waals surface area (Å²) in [5, 5.41) is 0.509. The Hall–Kier alpha value is -1.38. The molecule has 0 heterocycles. The Labute approximate surface area is 135 Å². The first-order valence-corrected chi connectivity index (χ1v) is 7.57. The van der Waals surface area contributed by atoms with E-state index in [0.29, 0.717) is 29.0 Å². The summed E-state index contributed by atoms with van der Waals surface area (Å²) < 4.78 is 11.2. The van der Waals surface area contributed by atoms with Crippen LogP contribution in [0, 0.1) is 13.8 Å². The van der Waals surface area contributed by atoms with E-state index >= 15 is 0 Å². The van der Waals surface area contributed by atoms with Crippen molar-refractivity contribution in [3.63, 3.8) is 0 Å². The lowest BCUT2D eigenvalue weighted by molar-refractivity contribution is 0.284. The molecule has 112 valence electrons. The van der Waals surface area contributed by atoms with Crippen LogP contribution in [-0.2, 0) is 12.5 Å². The van der Waals surface area contributed by atoms with Crippen LogP contribution in [0.25, 0.3) is 0 Å². The molecule has 2 rings (SSSR count). The molecule has 0 unspecified atom stereocenters. The van der Waals surface area contributed by atoms with Gasteiger partial charge in [0, 0.05) is 5.88 Å². The minimum Gasteiger partial charge on any atom is -0.493 e. The summed E-state index contributed by atoms with van der Waals surface area (Å²) in [6.45, 7) is 4.58. The Morgan fingerprint density at radius 1 is 0.952 bits per heavy atom. The van der Waals surface area contributed by atoms with E-state index in [4.69, 9.17) is 32.7 Å². The lowest BCUT2D eigenvalue weighted by Crippen LogP contribution is -2.00. The summed E-state index contributed by atoms with van der Waals surface area (Å²) in [6, 6.07) is 9.97. The Bertz CT molecular complexity index is 619.